The minimum atomic E-state index is -0.783. The number of nitrogens with zero attached hydrogens (tertiary/aromatic N) is 3. The molecule has 2 atom stereocenters. The number of likely N-dealkylation sites (N-methyl/N-ethyl adjacent to an activating group) is 1. The van der Waals surface area contributed by atoms with Gasteiger partial charge in [-0.1, -0.05) is 12.1 Å². The molecule has 1 N–H and O–H groups in total. The average Bonchev–Trinajstić information content (AvgIpc) is 2.83. The van der Waals surface area contributed by atoms with Crippen LogP contribution in [-0.2, 0) is 0 Å². The van der Waals surface area contributed by atoms with Crippen LogP contribution in [-0.4, -0.2) is 54.9 Å². The van der Waals surface area contributed by atoms with Gasteiger partial charge in [0.15, 0.2) is 0 Å². The van der Waals surface area contributed by atoms with Crippen molar-refractivity contribution in [1.82, 2.24) is 4.90 Å². The molecule has 5 nitrogen and oxygen atoms in total. The van der Waals surface area contributed by atoms with Crippen molar-refractivity contribution in [2.45, 2.75) is 25.3 Å². The highest BCUT2D eigenvalue weighted by Crippen LogP contribution is 2.50. The van der Waals surface area contributed by atoms with Gasteiger partial charge in [-0.3, -0.25) is 0 Å². The number of amides is 1. The Morgan fingerprint density at radius 2 is 2.19 bits per heavy atom. The Balaban J connectivity index is 1.76. The SMILES string of the molecule is CCN1CCN2c3c(cccc31)[C@@H]1CN(C(=O)O)CC[C@@H]12. The monoisotopic (exact) mass is 287 g/mol. The lowest BCUT2D eigenvalue weighted by molar-refractivity contribution is 0.127. The molecule has 4 rings (SSSR count). The first-order chi connectivity index (χ1) is 10.2. The first-order valence-corrected chi connectivity index (χ1v) is 7.83. The van der Waals surface area contributed by atoms with Crippen LogP contribution in [0.15, 0.2) is 18.2 Å². The average molecular weight is 287 g/mol. The van der Waals surface area contributed by atoms with Crippen LogP contribution in [0.1, 0.15) is 24.8 Å². The van der Waals surface area contributed by atoms with Gasteiger partial charge in [-0.25, -0.2) is 4.79 Å². The van der Waals surface area contributed by atoms with Gasteiger partial charge in [-0.2, -0.15) is 0 Å². The van der Waals surface area contributed by atoms with Crippen molar-refractivity contribution in [1.29, 1.82) is 0 Å². The third-order valence-electron chi connectivity index (χ3n) is 5.31. The van der Waals surface area contributed by atoms with Gasteiger partial charge in [0, 0.05) is 44.7 Å². The summed E-state index contributed by atoms with van der Waals surface area (Å²) in [7, 11) is 0. The Kier molecular flexibility index (Phi) is 2.77. The summed E-state index contributed by atoms with van der Waals surface area (Å²) in [5.41, 5.74) is 4.05. The number of likely N-dealkylation sites (tertiary alicyclic amines) is 1. The normalized spacial score (nSPS) is 26.6. The maximum Gasteiger partial charge on any atom is 0.407 e. The summed E-state index contributed by atoms with van der Waals surface area (Å²) in [5, 5.41) is 9.28. The lowest BCUT2D eigenvalue weighted by atomic mass is 9.89. The van der Waals surface area contributed by atoms with Gasteiger partial charge >= 0.3 is 6.09 Å². The van der Waals surface area contributed by atoms with E-state index < -0.39 is 6.09 Å². The van der Waals surface area contributed by atoms with E-state index >= 15 is 0 Å². The zero-order chi connectivity index (χ0) is 14.6. The number of hydrogen-bond donors (Lipinski definition) is 1. The van der Waals surface area contributed by atoms with Crippen LogP contribution in [0.2, 0.25) is 0 Å². The molecule has 0 aliphatic carbocycles. The van der Waals surface area contributed by atoms with Crippen molar-refractivity contribution < 1.29 is 9.90 Å². The van der Waals surface area contributed by atoms with E-state index in [2.05, 4.69) is 34.9 Å². The highest BCUT2D eigenvalue weighted by molar-refractivity contribution is 5.81. The first-order valence-electron chi connectivity index (χ1n) is 7.83. The predicted molar refractivity (Wildman–Crippen MR) is 82.4 cm³/mol. The van der Waals surface area contributed by atoms with E-state index in [4.69, 9.17) is 0 Å². The van der Waals surface area contributed by atoms with Crippen LogP contribution in [0, 0.1) is 0 Å². The molecule has 0 saturated carbocycles. The van der Waals surface area contributed by atoms with E-state index in [1.54, 1.807) is 4.90 Å². The Morgan fingerprint density at radius 3 is 2.95 bits per heavy atom. The summed E-state index contributed by atoms with van der Waals surface area (Å²) in [6.45, 7) is 6.65. The number of benzene rings is 1. The first kappa shape index (κ1) is 12.8. The maximum absolute atomic E-state index is 11.3. The summed E-state index contributed by atoms with van der Waals surface area (Å²) in [6, 6.07) is 7.01. The number of piperidine rings is 1. The molecule has 0 aromatic heterocycles. The molecular weight excluding hydrogens is 266 g/mol. The molecule has 0 unspecified atom stereocenters. The van der Waals surface area contributed by atoms with Crippen molar-refractivity contribution in [3.63, 3.8) is 0 Å². The number of para-hydroxylation sites is 1. The van der Waals surface area contributed by atoms with Gasteiger partial charge < -0.3 is 19.8 Å². The summed E-state index contributed by atoms with van der Waals surface area (Å²) >= 11 is 0. The second kappa shape index (κ2) is 4.55. The van der Waals surface area contributed by atoms with E-state index in [0.717, 1.165) is 26.1 Å². The summed E-state index contributed by atoms with van der Waals surface area (Å²) in [6.07, 6.45) is 0.159. The molecule has 1 amide bonds. The summed E-state index contributed by atoms with van der Waals surface area (Å²) in [5.74, 6) is 0.335. The second-order valence-corrected chi connectivity index (χ2v) is 6.18. The van der Waals surface area contributed by atoms with Crippen molar-refractivity contribution in [3.8, 4) is 0 Å². The predicted octanol–water partition coefficient (Wildman–Crippen LogP) is 2.18. The van der Waals surface area contributed by atoms with Gasteiger partial charge in [0.25, 0.3) is 0 Å². The topological polar surface area (TPSA) is 47.0 Å². The highest BCUT2D eigenvalue weighted by Gasteiger charge is 2.45. The van der Waals surface area contributed by atoms with E-state index in [1.165, 1.54) is 16.9 Å². The summed E-state index contributed by atoms with van der Waals surface area (Å²) < 4.78 is 0. The largest absolute Gasteiger partial charge is 0.465 e. The molecular formula is C16H21N3O2. The van der Waals surface area contributed by atoms with Crippen LogP contribution in [0.3, 0.4) is 0 Å². The molecule has 1 aromatic rings. The fraction of sp³-hybridized carbons (Fsp3) is 0.562. The number of carbonyl (C=O) groups is 1. The van der Waals surface area contributed by atoms with E-state index in [9.17, 15) is 9.90 Å². The van der Waals surface area contributed by atoms with Crippen LogP contribution < -0.4 is 9.80 Å². The third kappa shape index (κ3) is 1.73. The minimum Gasteiger partial charge on any atom is -0.465 e. The molecule has 1 aromatic carbocycles. The minimum absolute atomic E-state index is 0.335. The Morgan fingerprint density at radius 1 is 1.33 bits per heavy atom. The Hall–Kier alpha value is -1.91. The number of hydrogen-bond acceptors (Lipinski definition) is 3. The van der Waals surface area contributed by atoms with Crippen molar-refractivity contribution in [2.75, 3.05) is 42.5 Å². The summed E-state index contributed by atoms with van der Waals surface area (Å²) in [4.78, 5) is 17.8. The van der Waals surface area contributed by atoms with Gasteiger partial charge in [0.1, 0.15) is 0 Å². The quantitative estimate of drug-likeness (QED) is 0.860. The zero-order valence-corrected chi connectivity index (χ0v) is 12.3. The van der Waals surface area contributed by atoms with Crippen molar-refractivity contribution >= 4 is 17.5 Å². The second-order valence-electron chi connectivity index (χ2n) is 6.18. The van der Waals surface area contributed by atoms with Gasteiger partial charge in [0.2, 0.25) is 0 Å². The van der Waals surface area contributed by atoms with Gasteiger partial charge in [-0.05, 0) is 25.0 Å². The lowest BCUT2D eigenvalue weighted by Gasteiger charge is -2.41. The van der Waals surface area contributed by atoms with Crippen LogP contribution in [0.4, 0.5) is 16.2 Å². The van der Waals surface area contributed by atoms with Crippen LogP contribution >= 0.6 is 0 Å². The van der Waals surface area contributed by atoms with E-state index in [1.807, 2.05) is 0 Å². The van der Waals surface area contributed by atoms with Crippen LogP contribution in [0.25, 0.3) is 0 Å². The van der Waals surface area contributed by atoms with Gasteiger partial charge in [-0.15, -0.1) is 0 Å². The third-order valence-corrected chi connectivity index (χ3v) is 5.31. The molecule has 0 bridgehead atoms. The number of carboxylic acid groups (broad SMARTS) is 1. The molecule has 3 aliphatic rings. The van der Waals surface area contributed by atoms with E-state index in [-0.39, 0.29) is 0 Å². The molecule has 21 heavy (non-hydrogen) atoms. The van der Waals surface area contributed by atoms with Gasteiger partial charge in [0.05, 0.1) is 11.4 Å². The smallest absolute Gasteiger partial charge is 0.407 e. The molecule has 1 saturated heterocycles. The fourth-order valence-corrected chi connectivity index (χ4v) is 4.33. The molecule has 0 radical (unpaired) electrons. The molecule has 112 valence electrons. The number of fused-ring (bicyclic) bond motifs is 3. The molecule has 1 fully saturated rings. The zero-order valence-electron chi connectivity index (χ0n) is 12.3. The molecule has 3 heterocycles. The molecule has 3 aliphatic heterocycles. The number of anilines is 2. The maximum atomic E-state index is 11.3. The molecule has 0 spiro atoms. The standard InChI is InChI=1S/C16H21N3O2/c1-2-17-8-9-19-13-6-7-18(16(20)21)10-12(13)11-4-3-5-14(17)15(11)19/h3-5,12-13H,2,6-10H2,1H3,(H,20,21)/t12-,13-/m0/s1. The highest BCUT2D eigenvalue weighted by atomic mass is 16.4. The fourth-order valence-electron chi connectivity index (χ4n) is 4.33. The Labute approximate surface area is 124 Å². The van der Waals surface area contributed by atoms with Crippen molar-refractivity contribution in [3.05, 3.63) is 23.8 Å². The number of rotatable bonds is 1. The van der Waals surface area contributed by atoms with E-state index in [0.29, 0.717) is 25.0 Å². The van der Waals surface area contributed by atoms with Crippen LogP contribution in [0.5, 0.6) is 0 Å². The lowest BCUT2D eigenvalue weighted by Crippen LogP contribution is -2.50. The van der Waals surface area contributed by atoms with Crippen molar-refractivity contribution in [2.24, 2.45) is 0 Å². The molecule has 5 heteroatoms. The Bertz CT molecular complexity index is 589.